The molecule has 0 bridgehead atoms. The number of ether oxygens (including phenoxy) is 2. The number of amides is 1. The van der Waals surface area contributed by atoms with Crippen molar-refractivity contribution < 1.29 is 54.2 Å². The van der Waals surface area contributed by atoms with Crippen LogP contribution >= 0.6 is 0 Å². The van der Waals surface area contributed by atoms with E-state index in [0.29, 0.717) is 12.1 Å². The van der Waals surface area contributed by atoms with Crippen LogP contribution < -0.4 is 0 Å². The zero-order chi connectivity index (χ0) is 29.9. The lowest BCUT2D eigenvalue weighted by Crippen LogP contribution is -2.49. The monoisotopic (exact) mass is 587 g/mol. The van der Waals surface area contributed by atoms with Crippen LogP contribution in [0.1, 0.15) is 45.1 Å². The Hall–Kier alpha value is -4.00. The standard InChI is InChI=1S/C28H21F8NO4/c29-21-7-6-18(12-22(21)30)24-15-37(14-16-10-19(27(31,32)33)13-20(11-16)28(34,35)36)25(38)23(41-24)8-9-40-26(39)17-4-2-1-3-5-17/h1-7,10-13,23-24H,8-9,14-15H2. The fourth-order valence-corrected chi connectivity index (χ4v) is 4.27. The van der Waals surface area contributed by atoms with Gasteiger partial charge in [-0.1, -0.05) is 24.3 Å². The van der Waals surface area contributed by atoms with E-state index in [-0.39, 0.29) is 36.8 Å². The number of nitrogens with zero attached hydrogens (tertiary/aromatic N) is 1. The molecule has 2 unspecified atom stereocenters. The molecule has 3 aromatic carbocycles. The lowest BCUT2D eigenvalue weighted by atomic mass is 10.0. The summed E-state index contributed by atoms with van der Waals surface area (Å²) < 4.78 is 119. The number of alkyl halides is 6. The predicted molar refractivity (Wildman–Crippen MR) is 127 cm³/mol. The molecule has 0 saturated carbocycles. The average Bonchev–Trinajstić information content (AvgIpc) is 2.91. The Morgan fingerprint density at radius 3 is 2.10 bits per heavy atom. The van der Waals surface area contributed by atoms with Gasteiger partial charge in [0.1, 0.15) is 12.2 Å². The average molecular weight is 587 g/mol. The van der Waals surface area contributed by atoms with Crippen molar-refractivity contribution in [2.45, 2.75) is 37.5 Å². The van der Waals surface area contributed by atoms with Crippen molar-refractivity contribution in [1.82, 2.24) is 4.90 Å². The molecule has 0 aliphatic carbocycles. The molecule has 1 amide bonds. The van der Waals surface area contributed by atoms with E-state index in [2.05, 4.69) is 0 Å². The molecule has 5 nitrogen and oxygen atoms in total. The van der Waals surface area contributed by atoms with Gasteiger partial charge in [-0.2, -0.15) is 26.3 Å². The molecule has 41 heavy (non-hydrogen) atoms. The molecule has 0 radical (unpaired) electrons. The molecule has 1 aliphatic heterocycles. The smallest absolute Gasteiger partial charge is 0.416 e. The Bertz CT molecular complexity index is 1380. The van der Waals surface area contributed by atoms with Gasteiger partial charge in [0.25, 0.3) is 5.91 Å². The van der Waals surface area contributed by atoms with E-state index in [1.807, 2.05) is 0 Å². The fourth-order valence-electron chi connectivity index (χ4n) is 4.27. The lowest BCUT2D eigenvalue weighted by Gasteiger charge is -2.38. The van der Waals surface area contributed by atoms with E-state index in [9.17, 15) is 44.7 Å². The van der Waals surface area contributed by atoms with Gasteiger partial charge in [0, 0.05) is 13.0 Å². The number of rotatable bonds is 7. The minimum absolute atomic E-state index is 0.0291. The van der Waals surface area contributed by atoms with Crippen LogP contribution in [0.2, 0.25) is 0 Å². The van der Waals surface area contributed by atoms with Crippen molar-refractivity contribution in [3.63, 3.8) is 0 Å². The van der Waals surface area contributed by atoms with Crippen LogP contribution in [0, 0.1) is 11.6 Å². The summed E-state index contributed by atoms with van der Waals surface area (Å²) in [5.41, 5.74) is -3.25. The van der Waals surface area contributed by atoms with Gasteiger partial charge < -0.3 is 14.4 Å². The molecule has 1 heterocycles. The van der Waals surface area contributed by atoms with Crippen LogP contribution in [0.25, 0.3) is 0 Å². The Kier molecular flexibility index (Phi) is 8.66. The highest BCUT2D eigenvalue weighted by Gasteiger charge is 2.39. The van der Waals surface area contributed by atoms with Gasteiger partial charge in [-0.05, 0) is 53.6 Å². The lowest BCUT2D eigenvalue weighted by molar-refractivity contribution is -0.165. The summed E-state index contributed by atoms with van der Waals surface area (Å²) >= 11 is 0. The number of carbonyl (C=O) groups is 2. The maximum absolute atomic E-state index is 13.9. The molecule has 1 fully saturated rings. The molecular formula is C28H21F8NO4. The zero-order valence-corrected chi connectivity index (χ0v) is 20.9. The van der Waals surface area contributed by atoms with E-state index < -0.39 is 71.3 Å². The van der Waals surface area contributed by atoms with Gasteiger partial charge in [0.2, 0.25) is 0 Å². The van der Waals surface area contributed by atoms with Gasteiger partial charge in [-0.15, -0.1) is 0 Å². The highest BCUT2D eigenvalue weighted by Crippen LogP contribution is 2.37. The Balaban J connectivity index is 1.59. The normalized spacial score (nSPS) is 18.0. The summed E-state index contributed by atoms with van der Waals surface area (Å²) in [6.45, 7) is -1.39. The van der Waals surface area contributed by atoms with Crippen LogP contribution in [0.5, 0.6) is 0 Å². The third-order valence-corrected chi connectivity index (χ3v) is 6.26. The van der Waals surface area contributed by atoms with Crippen molar-refractivity contribution in [2.75, 3.05) is 13.2 Å². The molecule has 1 saturated heterocycles. The minimum Gasteiger partial charge on any atom is -0.462 e. The van der Waals surface area contributed by atoms with Crippen molar-refractivity contribution in [2.24, 2.45) is 0 Å². The topological polar surface area (TPSA) is 55.8 Å². The second kappa shape index (κ2) is 11.9. The van der Waals surface area contributed by atoms with Gasteiger partial charge in [0.05, 0.1) is 29.8 Å². The number of esters is 1. The molecule has 3 aromatic rings. The summed E-state index contributed by atoms with van der Waals surface area (Å²) in [6, 6.07) is 11.7. The van der Waals surface area contributed by atoms with Crippen LogP contribution in [0.15, 0.2) is 66.7 Å². The number of hydrogen-bond donors (Lipinski definition) is 0. The highest BCUT2D eigenvalue weighted by molar-refractivity contribution is 5.89. The van der Waals surface area contributed by atoms with Crippen molar-refractivity contribution in [3.05, 3.63) is 106 Å². The molecule has 0 spiro atoms. The first kappa shape index (κ1) is 30.0. The molecule has 4 rings (SSSR count). The summed E-state index contributed by atoms with van der Waals surface area (Å²) in [5.74, 6) is -3.89. The summed E-state index contributed by atoms with van der Waals surface area (Å²) in [4.78, 5) is 26.4. The van der Waals surface area contributed by atoms with Crippen molar-refractivity contribution in [3.8, 4) is 0 Å². The van der Waals surface area contributed by atoms with Crippen LogP contribution in [0.4, 0.5) is 35.1 Å². The molecule has 2 atom stereocenters. The fraction of sp³-hybridized carbons (Fsp3) is 0.286. The predicted octanol–water partition coefficient (Wildman–Crippen LogP) is 6.72. The Morgan fingerprint density at radius 2 is 1.51 bits per heavy atom. The first-order chi connectivity index (χ1) is 19.2. The van der Waals surface area contributed by atoms with Crippen molar-refractivity contribution in [1.29, 1.82) is 0 Å². The van der Waals surface area contributed by atoms with Gasteiger partial charge >= 0.3 is 18.3 Å². The van der Waals surface area contributed by atoms with E-state index in [1.54, 1.807) is 18.2 Å². The van der Waals surface area contributed by atoms with Crippen LogP contribution in [0.3, 0.4) is 0 Å². The van der Waals surface area contributed by atoms with E-state index in [4.69, 9.17) is 9.47 Å². The second-order valence-electron chi connectivity index (χ2n) is 9.21. The number of halogens is 8. The van der Waals surface area contributed by atoms with E-state index >= 15 is 0 Å². The van der Waals surface area contributed by atoms with Gasteiger partial charge in [0.15, 0.2) is 11.6 Å². The summed E-state index contributed by atoms with van der Waals surface area (Å²) in [6.07, 6.45) is -12.9. The summed E-state index contributed by atoms with van der Waals surface area (Å²) in [7, 11) is 0. The van der Waals surface area contributed by atoms with Gasteiger partial charge in [-0.3, -0.25) is 4.79 Å². The number of carbonyl (C=O) groups excluding carboxylic acids is 2. The molecule has 1 aliphatic rings. The third kappa shape index (κ3) is 7.40. The SMILES string of the molecule is O=C(OCCC1OC(c2ccc(F)c(F)c2)CN(Cc2cc(C(F)(F)F)cc(C(F)(F)F)c2)C1=O)c1ccccc1. The van der Waals surface area contributed by atoms with Crippen LogP contribution in [-0.4, -0.2) is 36.0 Å². The molecule has 218 valence electrons. The maximum Gasteiger partial charge on any atom is 0.416 e. The zero-order valence-electron chi connectivity index (χ0n) is 20.9. The number of hydrogen-bond acceptors (Lipinski definition) is 4. The van der Waals surface area contributed by atoms with Gasteiger partial charge in [-0.25, -0.2) is 13.6 Å². The Labute approximate surface area is 228 Å². The van der Waals surface area contributed by atoms with E-state index in [0.717, 1.165) is 17.0 Å². The quantitative estimate of drug-likeness (QED) is 0.228. The van der Waals surface area contributed by atoms with Crippen molar-refractivity contribution >= 4 is 11.9 Å². The third-order valence-electron chi connectivity index (χ3n) is 6.26. The van der Waals surface area contributed by atoms with Crippen LogP contribution in [-0.2, 0) is 33.2 Å². The number of morpholine rings is 1. The molecule has 13 heteroatoms. The first-order valence-corrected chi connectivity index (χ1v) is 12.1. The second-order valence-corrected chi connectivity index (χ2v) is 9.21. The first-order valence-electron chi connectivity index (χ1n) is 12.1. The Morgan fingerprint density at radius 1 is 0.878 bits per heavy atom. The minimum atomic E-state index is -5.09. The highest BCUT2D eigenvalue weighted by atomic mass is 19.4. The largest absolute Gasteiger partial charge is 0.462 e. The molecule has 0 aromatic heterocycles. The van der Waals surface area contributed by atoms with E-state index in [1.165, 1.54) is 18.2 Å². The molecular weight excluding hydrogens is 566 g/mol. The summed E-state index contributed by atoms with van der Waals surface area (Å²) in [5, 5.41) is 0. The molecule has 0 N–H and O–H groups in total. The maximum atomic E-state index is 13.9. The number of benzene rings is 3.